The zero-order valence-corrected chi connectivity index (χ0v) is 28.7. The van der Waals surface area contributed by atoms with Gasteiger partial charge in [0.15, 0.2) is 0 Å². The van der Waals surface area contributed by atoms with Crippen LogP contribution in [0.1, 0.15) is 0 Å². The molecule has 0 amide bonds. The summed E-state index contributed by atoms with van der Waals surface area (Å²) in [5.74, 6) is 0. The third-order valence-corrected chi connectivity index (χ3v) is 11.5. The number of anilines is 3. The van der Waals surface area contributed by atoms with Crippen molar-refractivity contribution in [2.75, 3.05) is 4.90 Å². The molecule has 11 aromatic rings. The fraction of sp³-hybridized carbons (Fsp3) is 0. The maximum absolute atomic E-state index is 6.41. The van der Waals surface area contributed by atoms with Gasteiger partial charge in [0.1, 0.15) is 22.3 Å². The summed E-state index contributed by atoms with van der Waals surface area (Å²) in [7, 11) is 0. The molecule has 0 bridgehead atoms. The Bertz CT molecular complexity index is 2970. The molecule has 3 aromatic heterocycles. The third kappa shape index (κ3) is 4.45. The van der Waals surface area contributed by atoms with Gasteiger partial charge >= 0.3 is 0 Å². The van der Waals surface area contributed by atoms with Gasteiger partial charge in [0.2, 0.25) is 0 Å². The first-order valence-corrected chi connectivity index (χ1v) is 18.3. The van der Waals surface area contributed by atoms with Crippen molar-refractivity contribution in [2.45, 2.75) is 0 Å². The van der Waals surface area contributed by atoms with Crippen molar-refractivity contribution in [2.24, 2.45) is 0 Å². The van der Waals surface area contributed by atoms with Crippen LogP contribution in [-0.4, -0.2) is 0 Å². The predicted molar refractivity (Wildman–Crippen MR) is 219 cm³/mol. The molecule has 0 aliphatic rings. The number of nitrogens with zero attached hydrogens (tertiary/aromatic N) is 1. The van der Waals surface area contributed by atoms with Gasteiger partial charge in [-0.15, -0.1) is 11.3 Å². The third-order valence-electron chi connectivity index (χ3n) is 10.3. The van der Waals surface area contributed by atoms with Crippen LogP contribution in [0.15, 0.2) is 185 Å². The van der Waals surface area contributed by atoms with Gasteiger partial charge in [-0.25, -0.2) is 0 Å². The molecular formula is C48H29NO2S. The van der Waals surface area contributed by atoms with Gasteiger partial charge in [-0.3, -0.25) is 0 Å². The van der Waals surface area contributed by atoms with Crippen molar-refractivity contribution in [1.82, 2.24) is 0 Å². The molecule has 0 atom stereocenters. The molecule has 0 fully saturated rings. The molecule has 0 saturated heterocycles. The summed E-state index contributed by atoms with van der Waals surface area (Å²) < 4.78 is 15.4. The van der Waals surface area contributed by atoms with Gasteiger partial charge < -0.3 is 13.7 Å². The lowest BCUT2D eigenvalue weighted by Crippen LogP contribution is -2.10. The van der Waals surface area contributed by atoms with E-state index in [-0.39, 0.29) is 0 Å². The lowest BCUT2D eigenvalue weighted by atomic mass is 10.0. The number of hydrogen-bond acceptors (Lipinski definition) is 4. The van der Waals surface area contributed by atoms with Crippen molar-refractivity contribution >= 4 is 92.4 Å². The second kappa shape index (κ2) is 11.5. The molecule has 244 valence electrons. The first-order valence-electron chi connectivity index (χ1n) is 17.5. The van der Waals surface area contributed by atoms with Crippen molar-refractivity contribution in [3.05, 3.63) is 176 Å². The van der Waals surface area contributed by atoms with Gasteiger partial charge in [0.25, 0.3) is 0 Å². The van der Waals surface area contributed by atoms with Crippen molar-refractivity contribution in [3.8, 4) is 22.3 Å². The van der Waals surface area contributed by atoms with Gasteiger partial charge in [-0.2, -0.15) is 0 Å². The Morgan fingerprint density at radius 2 is 0.827 bits per heavy atom. The SMILES string of the molecule is c1ccc2c(c1)oc1c(-c3ccc(N(c4ccc(-c5cccc6c5oc5ccccc56)cc4)c4cccc5c4sc4ccccc45)cc3)cccc12. The number of para-hydroxylation sites is 4. The number of fused-ring (bicyclic) bond motifs is 9. The van der Waals surface area contributed by atoms with Gasteiger partial charge in [0, 0.05) is 59.5 Å². The first-order chi connectivity index (χ1) is 25.8. The minimum absolute atomic E-state index is 0.907. The van der Waals surface area contributed by atoms with Crippen LogP contribution in [-0.2, 0) is 0 Å². The highest BCUT2D eigenvalue weighted by atomic mass is 32.1. The van der Waals surface area contributed by atoms with Crippen LogP contribution in [0, 0.1) is 0 Å². The highest BCUT2D eigenvalue weighted by molar-refractivity contribution is 7.26. The summed E-state index contributed by atoms with van der Waals surface area (Å²) in [5.41, 5.74) is 11.4. The Balaban J connectivity index is 1.06. The average Bonchev–Trinajstić information content (AvgIpc) is 3.90. The predicted octanol–water partition coefficient (Wildman–Crippen LogP) is 14.7. The van der Waals surface area contributed by atoms with Crippen LogP contribution in [0.5, 0.6) is 0 Å². The van der Waals surface area contributed by atoms with E-state index in [0.29, 0.717) is 0 Å². The van der Waals surface area contributed by atoms with Crippen LogP contribution in [0.2, 0.25) is 0 Å². The van der Waals surface area contributed by atoms with E-state index >= 15 is 0 Å². The van der Waals surface area contributed by atoms with E-state index in [4.69, 9.17) is 8.83 Å². The lowest BCUT2D eigenvalue weighted by molar-refractivity contribution is 0.669. The molecule has 0 N–H and O–H groups in total. The number of rotatable bonds is 5. The summed E-state index contributed by atoms with van der Waals surface area (Å²) in [6, 6.07) is 62.5. The number of hydrogen-bond donors (Lipinski definition) is 0. The summed E-state index contributed by atoms with van der Waals surface area (Å²) in [6.45, 7) is 0. The summed E-state index contributed by atoms with van der Waals surface area (Å²) in [5, 5.41) is 7.09. The zero-order chi connectivity index (χ0) is 34.2. The maximum Gasteiger partial charge on any atom is 0.143 e. The maximum atomic E-state index is 6.41. The Labute approximate surface area is 303 Å². The van der Waals surface area contributed by atoms with Crippen molar-refractivity contribution in [3.63, 3.8) is 0 Å². The smallest absolute Gasteiger partial charge is 0.143 e. The van der Waals surface area contributed by atoms with E-state index in [1.165, 1.54) is 20.2 Å². The molecule has 0 spiro atoms. The molecule has 0 unspecified atom stereocenters. The van der Waals surface area contributed by atoms with E-state index in [9.17, 15) is 0 Å². The van der Waals surface area contributed by atoms with Gasteiger partial charge in [-0.1, -0.05) is 127 Å². The van der Waals surface area contributed by atoms with Crippen LogP contribution < -0.4 is 4.90 Å². The zero-order valence-electron chi connectivity index (χ0n) is 27.9. The normalized spacial score (nSPS) is 11.8. The van der Waals surface area contributed by atoms with Crippen LogP contribution in [0.3, 0.4) is 0 Å². The molecule has 52 heavy (non-hydrogen) atoms. The Morgan fingerprint density at radius 3 is 1.40 bits per heavy atom. The highest BCUT2D eigenvalue weighted by Gasteiger charge is 2.20. The average molecular weight is 684 g/mol. The van der Waals surface area contributed by atoms with Crippen LogP contribution in [0.25, 0.3) is 86.3 Å². The first kappa shape index (κ1) is 29.1. The largest absolute Gasteiger partial charge is 0.455 e. The van der Waals surface area contributed by atoms with Crippen molar-refractivity contribution < 1.29 is 8.83 Å². The van der Waals surface area contributed by atoms with Gasteiger partial charge in [-0.05, 0) is 59.7 Å². The molecule has 0 aliphatic heterocycles. The minimum atomic E-state index is 0.907. The van der Waals surface area contributed by atoms with Gasteiger partial charge in [0.05, 0.1) is 10.4 Å². The van der Waals surface area contributed by atoms with E-state index in [1.54, 1.807) is 0 Å². The summed E-state index contributed by atoms with van der Waals surface area (Å²) in [4.78, 5) is 2.38. The molecule has 4 heteroatoms. The molecule has 11 rings (SSSR count). The number of furan rings is 2. The monoisotopic (exact) mass is 683 g/mol. The summed E-state index contributed by atoms with van der Waals surface area (Å²) >= 11 is 1.85. The molecule has 3 nitrogen and oxygen atoms in total. The number of benzene rings is 8. The van der Waals surface area contributed by atoms with E-state index in [0.717, 1.165) is 83.2 Å². The van der Waals surface area contributed by atoms with E-state index in [1.807, 2.05) is 35.6 Å². The Hall–Kier alpha value is -6.62. The minimum Gasteiger partial charge on any atom is -0.455 e. The van der Waals surface area contributed by atoms with Crippen LogP contribution >= 0.6 is 11.3 Å². The summed E-state index contributed by atoms with van der Waals surface area (Å²) in [6.07, 6.45) is 0. The molecule has 0 saturated carbocycles. The lowest BCUT2D eigenvalue weighted by Gasteiger charge is -2.26. The molecule has 3 heterocycles. The van der Waals surface area contributed by atoms with Crippen LogP contribution in [0.4, 0.5) is 17.1 Å². The second-order valence-corrected chi connectivity index (χ2v) is 14.3. The Kier molecular flexibility index (Phi) is 6.42. The quantitative estimate of drug-likeness (QED) is 0.181. The standard InChI is InChI=1S/C48H29NO2S/c1-4-19-43-36(10-1)39-15-7-13-34(46(39)50-43)30-22-26-32(27-23-30)49(42-18-9-17-41-38-12-3-6-21-45(38)52-48(41)42)33-28-24-31(25-29-33)35-14-8-16-40-37-11-2-5-20-44(37)51-47(35)40/h1-29H. The second-order valence-electron chi connectivity index (χ2n) is 13.2. The molecule has 0 aliphatic carbocycles. The highest BCUT2D eigenvalue weighted by Crippen LogP contribution is 2.46. The van der Waals surface area contributed by atoms with Crippen molar-refractivity contribution in [1.29, 1.82) is 0 Å². The topological polar surface area (TPSA) is 29.5 Å². The fourth-order valence-electron chi connectivity index (χ4n) is 7.86. The van der Waals surface area contributed by atoms with E-state index in [2.05, 4.69) is 157 Å². The fourth-order valence-corrected chi connectivity index (χ4v) is 9.07. The molecular weight excluding hydrogens is 655 g/mol. The number of thiophene rings is 1. The Morgan fingerprint density at radius 1 is 0.365 bits per heavy atom. The molecule has 0 radical (unpaired) electrons. The van der Waals surface area contributed by atoms with E-state index < -0.39 is 0 Å². The molecule has 8 aromatic carbocycles.